The summed E-state index contributed by atoms with van der Waals surface area (Å²) in [5.74, 6) is 1.41. The predicted molar refractivity (Wildman–Crippen MR) is 87.2 cm³/mol. The second kappa shape index (κ2) is 13.8. The fourth-order valence-corrected chi connectivity index (χ4v) is 2.96. The Bertz CT molecular complexity index is 232. The van der Waals surface area contributed by atoms with E-state index in [2.05, 4.69) is 12.2 Å². The highest BCUT2D eigenvalue weighted by Gasteiger charge is 2.25. The molecule has 1 aliphatic carbocycles. The quantitative estimate of drug-likeness (QED) is 0.394. The van der Waals surface area contributed by atoms with E-state index in [4.69, 9.17) is 25.8 Å². The lowest BCUT2D eigenvalue weighted by Crippen LogP contribution is -2.35. The first-order chi connectivity index (χ1) is 10.4. The van der Waals surface area contributed by atoms with Crippen molar-refractivity contribution in [1.82, 2.24) is 5.32 Å². The fraction of sp³-hybridized carbons (Fsp3) is 1.00. The standard InChI is InChI=1S/C16H32ClNO3/c1-2-3-8-19-10-12-21-13-11-20-9-7-18-16-6-4-5-15(16)14-17/h15-16,18H,2-14H2,1H3. The average molecular weight is 322 g/mol. The van der Waals surface area contributed by atoms with E-state index in [0.29, 0.717) is 38.4 Å². The molecule has 0 bridgehead atoms. The zero-order valence-corrected chi connectivity index (χ0v) is 14.2. The first-order valence-corrected chi connectivity index (χ1v) is 8.94. The van der Waals surface area contributed by atoms with Gasteiger partial charge in [-0.15, -0.1) is 11.6 Å². The topological polar surface area (TPSA) is 39.7 Å². The Morgan fingerprint density at radius 2 is 1.62 bits per heavy atom. The summed E-state index contributed by atoms with van der Waals surface area (Å²) < 4.78 is 16.4. The largest absolute Gasteiger partial charge is 0.379 e. The van der Waals surface area contributed by atoms with Gasteiger partial charge >= 0.3 is 0 Å². The van der Waals surface area contributed by atoms with Gasteiger partial charge in [-0.3, -0.25) is 0 Å². The third-order valence-corrected chi connectivity index (χ3v) is 4.29. The maximum Gasteiger partial charge on any atom is 0.0701 e. The molecule has 0 aromatic rings. The summed E-state index contributed by atoms with van der Waals surface area (Å²) in [5, 5.41) is 3.54. The predicted octanol–water partition coefficient (Wildman–Crippen LogP) is 2.83. The van der Waals surface area contributed by atoms with Crippen LogP contribution >= 0.6 is 11.6 Å². The van der Waals surface area contributed by atoms with E-state index in [1.54, 1.807) is 0 Å². The summed E-state index contributed by atoms with van der Waals surface area (Å²) in [4.78, 5) is 0. The number of unbranched alkanes of at least 4 members (excludes halogenated alkanes) is 1. The molecule has 0 aromatic heterocycles. The van der Waals surface area contributed by atoms with Crippen LogP contribution in [0.3, 0.4) is 0 Å². The van der Waals surface area contributed by atoms with E-state index in [1.807, 2.05) is 0 Å². The zero-order chi connectivity index (χ0) is 15.2. The van der Waals surface area contributed by atoms with Crippen molar-refractivity contribution in [2.45, 2.75) is 45.1 Å². The molecule has 1 fully saturated rings. The summed E-state index contributed by atoms with van der Waals surface area (Å²) in [7, 11) is 0. The molecular formula is C16H32ClNO3. The molecular weight excluding hydrogens is 290 g/mol. The lowest BCUT2D eigenvalue weighted by atomic mass is 10.1. The van der Waals surface area contributed by atoms with Crippen LogP contribution in [0.5, 0.6) is 0 Å². The van der Waals surface area contributed by atoms with Crippen molar-refractivity contribution >= 4 is 11.6 Å². The van der Waals surface area contributed by atoms with Crippen LogP contribution in [0.4, 0.5) is 0 Å². The van der Waals surface area contributed by atoms with Crippen LogP contribution in [-0.2, 0) is 14.2 Å². The molecule has 4 nitrogen and oxygen atoms in total. The molecule has 0 aliphatic heterocycles. The van der Waals surface area contributed by atoms with Gasteiger partial charge in [-0.1, -0.05) is 19.8 Å². The average Bonchev–Trinajstić information content (AvgIpc) is 2.96. The van der Waals surface area contributed by atoms with Gasteiger partial charge in [0.1, 0.15) is 0 Å². The zero-order valence-electron chi connectivity index (χ0n) is 13.4. The monoisotopic (exact) mass is 321 g/mol. The number of hydrogen-bond acceptors (Lipinski definition) is 4. The Labute approximate surface area is 134 Å². The van der Waals surface area contributed by atoms with Gasteiger partial charge in [-0.25, -0.2) is 0 Å². The second-order valence-electron chi connectivity index (χ2n) is 5.60. The first-order valence-electron chi connectivity index (χ1n) is 8.41. The van der Waals surface area contributed by atoms with Gasteiger partial charge in [0.25, 0.3) is 0 Å². The Kier molecular flexibility index (Phi) is 12.6. The number of halogens is 1. The molecule has 126 valence electrons. The Balaban J connectivity index is 1.76. The number of nitrogens with one attached hydrogen (secondary N) is 1. The van der Waals surface area contributed by atoms with Gasteiger partial charge < -0.3 is 19.5 Å². The molecule has 2 atom stereocenters. The third-order valence-electron chi connectivity index (χ3n) is 3.90. The molecule has 1 N–H and O–H groups in total. The van der Waals surface area contributed by atoms with Crippen LogP contribution in [0.2, 0.25) is 0 Å². The Morgan fingerprint density at radius 3 is 2.29 bits per heavy atom. The molecule has 0 aromatic carbocycles. The van der Waals surface area contributed by atoms with Crippen molar-refractivity contribution in [2.75, 3.05) is 52.1 Å². The van der Waals surface area contributed by atoms with Crippen LogP contribution in [0.1, 0.15) is 39.0 Å². The SMILES string of the molecule is CCCCOCCOCCOCCNC1CCCC1CCl. The van der Waals surface area contributed by atoms with Crippen LogP contribution in [0.25, 0.3) is 0 Å². The molecule has 21 heavy (non-hydrogen) atoms. The highest BCUT2D eigenvalue weighted by molar-refractivity contribution is 6.18. The van der Waals surface area contributed by atoms with Crippen molar-refractivity contribution < 1.29 is 14.2 Å². The lowest BCUT2D eigenvalue weighted by Gasteiger charge is -2.18. The van der Waals surface area contributed by atoms with Crippen molar-refractivity contribution in [3.05, 3.63) is 0 Å². The molecule has 5 heteroatoms. The third kappa shape index (κ3) is 9.69. The maximum atomic E-state index is 5.96. The van der Waals surface area contributed by atoms with Crippen molar-refractivity contribution in [3.63, 3.8) is 0 Å². The molecule has 1 saturated carbocycles. The normalized spacial score (nSPS) is 22.0. The molecule has 1 aliphatic rings. The summed E-state index contributed by atoms with van der Waals surface area (Å²) in [6.07, 6.45) is 6.11. The van der Waals surface area contributed by atoms with Crippen LogP contribution in [0.15, 0.2) is 0 Å². The van der Waals surface area contributed by atoms with Crippen molar-refractivity contribution in [1.29, 1.82) is 0 Å². The van der Waals surface area contributed by atoms with Gasteiger partial charge in [0.2, 0.25) is 0 Å². The number of alkyl halides is 1. The van der Waals surface area contributed by atoms with Crippen molar-refractivity contribution in [3.8, 4) is 0 Å². The molecule has 0 saturated heterocycles. The summed E-state index contributed by atoms with van der Waals surface area (Å²) >= 11 is 5.96. The summed E-state index contributed by atoms with van der Waals surface area (Å²) in [6.45, 7) is 7.28. The van der Waals surface area contributed by atoms with Crippen LogP contribution in [0, 0.1) is 5.92 Å². The van der Waals surface area contributed by atoms with Crippen LogP contribution in [-0.4, -0.2) is 58.1 Å². The van der Waals surface area contributed by atoms with Crippen molar-refractivity contribution in [2.24, 2.45) is 5.92 Å². The number of hydrogen-bond donors (Lipinski definition) is 1. The van der Waals surface area contributed by atoms with Gasteiger partial charge in [-0.2, -0.15) is 0 Å². The van der Waals surface area contributed by atoms with E-state index >= 15 is 0 Å². The molecule has 1 rings (SSSR count). The lowest BCUT2D eigenvalue weighted by molar-refractivity contribution is 0.0143. The maximum absolute atomic E-state index is 5.96. The highest BCUT2D eigenvalue weighted by Crippen LogP contribution is 2.26. The number of rotatable bonds is 14. The minimum Gasteiger partial charge on any atom is -0.379 e. The van der Waals surface area contributed by atoms with E-state index in [-0.39, 0.29) is 0 Å². The minimum atomic E-state index is 0.586. The minimum absolute atomic E-state index is 0.586. The molecule has 0 amide bonds. The van der Waals surface area contributed by atoms with E-state index in [9.17, 15) is 0 Å². The van der Waals surface area contributed by atoms with Gasteiger partial charge in [0.05, 0.1) is 33.0 Å². The summed E-state index contributed by atoms with van der Waals surface area (Å²) in [6, 6.07) is 0.586. The van der Waals surface area contributed by atoms with E-state index < -0.39 is 0 Å². The molecule has 0 heterocycles. The fourth-order valence-electron chi connectivity index (χ4n) is 2.60. The second-order valence-corrected chi connectivity index (χ2v) is 5.91. The van der Waals surface area contributed by atoms with E-state index in [1.165, 1.54) is 25.7 Å². The molecule has 0 radical (unpaired) electrons. The van der Waals surface area contributed by atoms with Gasteiger partial charge in [-0.05, 0) is 25.2 Å². The summed E-state index contributed by atoms with van der Waals surface area (Å²) in [5.41, 5.74) is 0. The smallest absolute Gasteiger partial charge is 0.0701 e. The molecule has 2 unspecified atom stereocenters. The Hall–Kier alpha value is 0.130. The van der Waals surface area contributed by atoms with E-state index in [0.717, 1.165) is 32.1 Å². The highest BCUT2D eigenvalue weighted by atomic mass is 35.5. The number of ether oxygens (including phenoxy) is 3. The van der Waals surface area contributed by atoms with Crippen LogP contribution < -0.4 is 5.32 Å². The first kappa shape index (κ1) is 19.2. The molecule has 0 spiro atoms. The van der Waals surface area contributed by atoms with Gasteiger partial charge in [0.15, 0.2) is 0 Å². The Morgan fingerprint density at radius 1 is 0.952 bits per heavy atom. The van der Waals surface area contributed by atoms with Gasteiger partial charge in [0, 0.05) is 25.1 Å².